The van der Waals surface area contributed by atoms with Crippen LogP contribution in [0.2, 0.25) is 0 Å². The predicted molar refractivity (Wildman–Crippen MR) is 113 cm³/mol. The van der Waals surface area contributed by atoms with Crippen LogP contribution in [0.3, 0.4) is 0 Å². The molecule has 1 unspecified atom stereocenters. The summed E-state index contributed by atoms with van der Waals surface area (Å²) >= 11 is 0. The van der Waals surface area contributed by atoms with Gasteiger partial charge in [0.25, 0.3) is 0 Å². The number of nitrogens with zero attached hydrogens (tertiary/aromatic N) is 5. The second kappa shape index (κ2) is 9.88. The molecular weight excluding hydrogens is 382 g/mol. The highest BCUT2D eigenvalue weighted by Gasteiger charge is 2.23. The van der Waals surface area contributed by atoms with E-state index in [9.17, 15) is 0 Å². The minimum atomic E-state index is 0.252. The third-order valence-electron chi connectivity index (χ3n) is 5.24. The number of ether oxygens (including phenoxy) is 2. The van der Waals surface area contributed by atoms with Crippen molar-refractivity contribution < 1.29 is 9.47 Å². The molecule has 1 aliphatic carbocycles. The van der Waals surface area contributed by atoms with Crippen LogP contribution >= 0.6 is 0 Å². The number of aliphatic imine (C=N–C) groups is 1. The molecule has 0 spiro atoms. The number of nitrogens with one attached hydrogen (secondary N) is 2. The van der Waals surface area contributed by atoms with Crippen LogP contribution in [0.25, 0.3) is 0 Å². The Labute approximate surface area is 177 Å². The Morgan fingerprint density at radius 1 is 1.33 bits per heavy atom. The fraction of sp³-hybridized carbons (Fsp3) is 0.619. The summed E-state index contributed by atoms with van der Waals surface area (Å²) in [7, 11) is 1.66. The molecule has 2 aromatic heterocycles. The van der Waals surface area contributed by atoms with Gasteiger partial charge in [-0.2, -0.15) is 5.10 Å². The van der Waals surface area contributed by atoms with Gasteiger partial charge in [0.2, 0.25) is 5.88 Å². The van der Waals surface area contributed by atoms with Crippen LogP contribution in [0.1, 0.15) is 43.4 Å². The minimum absolute atomic E-state index is 0.252. The normalized spacial score (nSPS) is 18.7. The van der Waals surface area contributed by atoms with Crippen LogP contribution in [0, 0.1) is 5.92 Å². The van der Waals surface area contributed by atoms with E-state index in [4.69, 9.17) is 14.5 Å². The van der Waals surface area contributed by atoms with Crippen LogP contribution in [0.4, 0.5) is 0 Å². The Morgan fingerprint density at radius 3 is 3.03 bits per heavy atom. The number of fused-ring (bicyclic) bond motifs is 1. The largest absolute Gasteiger partial charge is 0.477 e. The lowest BCUT2D eigenvalue weighted by Gasteiger charge is -2.25. The van der Waals surface area contributed by atoms with Crippen LogP contribution in [-0.4, -0.2) is 52.0 Å². The van der Waals surface area contributed by atoms with Crippen molar-refractivity contribution in [1.82, 2.24) is 30.4 Å². The quantitative estimate of drug-likeness (QED) is 0.477. The summed E-state index contributed by atoms with van der Waals surface area (Å²) in [4.78, 5) is 13.6. The first-order valence-corrected chi connectivity index (χ1v) is 10.8. The number of hydrogen-bond donors (Lipinski definition) is 2. The van der Waals surface area contributed by atoms with Crippen molar-refractivity contribution in [2.24, 2.45) is 10.9 Å². The van der Waals surface area contributed by atoms with E-state index in [1.54, 1.807) is 13.3 Å². The van der Waals surface area contributed by atoms with Gasteiger partial charge in [0.15, 0.2) is 11.8 Å². The van der Waals surface area contributed by atoms with Gasteiger partial charge in [0.1, 0.15) is 12.4 Å². The molecule has 0 amide bonds. The predicted octanol–water partition coefficient (Wildman–Crippen LogP) is 1.68. The van der Waals surface area contributed by atoms with Crippen LogP contribution in [0.15, 0.2) is 23.3 Å². The molecule has 0 aromatic carbocycles. The molecule has 0 radical (unpaired) electrons. The third-order valence-corrected chi connectivity index (χ3v) is 5.24. The van der Waals surface area contributed by atoms with Gasteiger partial charge in [-0.3, -0.25) is 0 Å². The van der Waals surface area contributed by atoms with Gasteiger partial charge in [-0.05, 0) is 43.7 Å². The van der Waals surface area contributed by atoms with E-state index in [0.29, 0.717) is 24.9 Å². The molecule has 162 valence electrons. The van der Waals surface area contributed by atoms with E-state index < -0.39 is 0 Å². The molecule has 1 fully saturated rings. The summed E-state index contributed by atoms with van der Waals surface area (Å²) in [6.07, 6.45) is 6.21. The fourth-order valence-electron chi connectivity index (χ4n) is 3.47. The molecule has 0 bridgehead atoms. The van der Waals surface area contributed by atoms with Crippen molar-refractivity contribution in [3.05, 3.63) is 35.5 Å². The van der Waals surface area contributed by atoms with Gasteiger partial charge in [0, 0.05) is 38.4 Å². The molecule has 3 heterocycles. The number of hydrogen-bond acceptors (Lipinski definition) is 6. The fourth-order valence-corrected chi connectivity index (χ4v) is 3.47. The summed E-state index contributed by atoms with van der Waals surface area (Å²) in [5.41, 5.74) is 1.08. The lowest BCUT2D eigenvalue weighted by Crippen LogP contribution is -2.47. The molecule has 2 N–H and O–H groups in total. The van der Waals surface area contributed by atoms with Gasteiger partial charge in [-0.15, -0.1) is 0 Å². The first kappa shape index (κ1) is 20.6. The van der Waals surface area contributed by atoms with Crippen LogP contribution in [0.5, 0.6) is 5.88 Å². The third kappa shape index (κ3) is 5.69. The van der Waals surface area contributed by atoms with Gasteiger partial charge in [-0.25, -0.2) is 19.6 Å². The lowest BCUT2D eigenvalue weighted by atomic mass is 10.1. The van der Waals surface area contributed by atoms with Crippen LogP contribution < -0.4 is 15.4 Å². The monoisotopic (exact) mass is 413 g/mol. The van der Waals surface area contributed by atoms with E-state index in [1.165, 1.54) is 12.8 Å². The molecule has 4 rings (SSSR count). The molecule has 1 atom stereocenters. The Bertz CT molecular complexity index is 863. The lowest BCUT2D eigenvalue weighted by molar-refractivity contribution is 0.177. The summed E-state index contributed by atoms with van der Waals surface area (Å²) in [6.45, 7) is 5.42. The molecule has 2 aromatic rings. The number of rotatable bonds is 9. The second-order valence-corrected chi connectivity index (χ2v) is 7.89. The molecule has 9 nitrogen and oxygen atoms in total. The number of pyridine rings is 1. The van der Waals surface area contributed by atoms with E-state index in [-0.39, 0.29) is 6.04 Å². The molecule has 9 heteroatoms. The van der Waals surface area contributed by atoms with Gasteiger partial charge in [0.05, 0.1) is 19.7 Å². The van der Waals surface area contributed by atoms with Crippen molar-refractivity contribution in [1.29, 1.82) is 0 Å². The summed E-state index contributed by atoms with van der Waals surface area (Å²) in [6, 6.07) is 4.22. The molecule has 1 aliphatic heterocycles. The maximum Gasteiger partial charge on any atom is 0.213 e. The Hall–Kier alpha value is -2.68. The molecule has 1 saturated carbocycles. The summed E-state index contributed by atoms with van der Waals surface area (Å²) in [5.74, 6) is 3.97. The van der Waals surface area contributed by atoms with Crippen molar-refractivity contribution in [3.8, 4) is 5.88 Å². The number of methoxy groups -OCH3 is 1. The first-order valence-electron chi connectivity index (χ1n) is 10.8. The van der Waals surface area contributed by atoms with E-state index in [2.05, 4.69) is 32.6 Å². The average Bonchev–Trinajstić information content (AvgIpc) is 3.50. The molecular formula is C21H31N7O2. The zero-order chi connectivity index (χ0) is 20.8. The Balaban J connectivity index is 1.35. The van der Waals surface area contributed by atoms with Crippen LogP contribution in [-0.2, 0) is 30.9 Å². The number of guanidine groups is 1. The standard InChI is InChI=1S/C21H31N7O2/c1-3-22-21(24-11-16-8-9-23-20(10-16)30-13-15-4-5-15)25-17-6-7-19-26-18(14-29-2)27-28(19)12-17/h8-10,15,17H,3-7,11-14H2,1-2H3,(H2,22,24,25). The molecule has 30 heavy (non-hydrogen) atoms. The van der Waals surface area contributed by atoms with Crippen molar-refractivity contribution in [3.63, 3.8) is 0 Å². The highest BCUT2D eigenvalue weighted by atomic mass is 16.5. The number of aromatic nitrogens is 4. The summed E-state index contributed by atoms with van der Waals surface area (Å²) < 4.78 is 12.9. The first-order chi connectivity index (χ1) is 14.7. The zero-order valence-electron chi connectivity index (χ0n) is 17.8. The maximum absolute atomic E-state index is 5.78. The second-order valence-electron chi connectivity index (χ2n) is 7.89. The molecule has 0 saturated heterocycles. The van der Waals surface area contributed by atoms with Crippen molar-refractivity contribution >= 4 is 5.96 Å². The van der Waals surface area contributed by atoms with Gasteiger partial charge in [-0.1, -0.05) is 0 Å². The number of aryl methyl sites for hydroxylation is 1. The van der Waals surface area contributed by atoms with Gasteiger partial charge < -0.3 is 20.1 Å². The van der Waals surface area contributed by atoms with E-state index >= 15 is 0 Å². The topological polar surface area (TPSA) is 98.5 Å². The minimum Gasteiger partial charge on any atom is -0.477 e. The van der Waals surface area contributed by atoms with E-state index in [0.717, 1.165) is 55.7 Å². The van der Waals surface area contributed by atoms with Crippen molar-refractivity contribution in [2.45, 2.75) is 58.3 Å². The highest BCUT2D eigenvalue weighted by Crippen LogP contribution is 2.29. The van der Waals surface area contributed by atoms with Gasteiger partial charge >= 0.3 is 0 Å². The summed E-state index contributed by atoms with van der Waals surface area (Å²) in [5, 5.41) is 11.4. The maximum atomic E-state index is 5.78. The molecule has 2 aliphatic rings. The average molecular weight is 414 g/mol. The Morgan fingerprint density at radius 2 is 2.23 bits per heavy atom. The highest BCUT2D eigenvalue weighted by molar-refractivity contribution is 5.80. The zero-order valence-corrected chi connectivity index (χ0v) is 17.8. The Kier molecular flexibility index (Phi) is 6.78. The van der Waals surface area contributed by atoms with Crippen molar-refractivity contribution in [2.75, 3.05) is 20.3 Å². The SMILES string of the molecule is CCNC(=NCc1ccnc(OCC2CC2)c1)NC1CCc2nc(COC)nn2C1. The van der Waals surface area contributed by atoms with E-state index in [1.807, 2.05) is 16.8 Å². The smallest absolute Gasteiger partial charge is 0.213 e.